The van der Waals surface area contributed by atoms with Crippen LogP contribution in [0.25, 0.3) is 10.2 Å². The summed E-state index contributed by atoms with van der Waals surface area (Å²) in [6, 6.07) is 2.18. The van der Waals surface area contributed by atoms with E-state index in [0.29, 0.717) is 48.8 Å². The lowest BCUT2D eigenvalue weighted by atomic mass is 9.73. The molecule has 0 radical (unpaired) electrons. The molecule has 0 aromatic carbocycles. The number of nitrogens with zero attached hydrogens (tertiary/aromatic N) is 3. The molecule has 6 heteroatoms. The topological polar surface area (TPSA) is 66.3 Å². The molecule has 4 rings (SSSR count). The molecule has 1 aliphatic heterocycles. The maximum Gasteiger partial charge on any atom is 0.273 e. The van der Waals surface area contributed by atoms with Crippen LogP contribution in [0.2, 0.25) is 0 Å². The number of amides is 1. The van der Waals surface area contributed by atoms with Gasteiger partial charge < -0.3 is 10.0 Å². The Morgan fingerprint density at radius 2 is 1.79 bits per heavy atom. The van der Waals surface area contributed by atoms with E-state index in [1.165, 1.54) is 30.6 Å². The second kappa shape index (κ2) is 7.06. The van der Waals surface area contributed by atoms with Crippen LogP contribution >= 0.6 is 11.3 Å². The average Bonchev–Trinajstić information content (AvgIpc) is 3.04. The molecule has 1 saturated heterocycles. The molecule has 2 aromatic heterocycles. The predicted molar refractivity (Wildman–Crippen MR) is 113 cm³/mol. The fourth-order valence-electron chi connectivity index (χ4n) is 4.44. The summed E-state index contributed by atoms with van der Waals surface area (Å²) in [5.74, 6) is 1.19. The average molecular weight is 402 g/mol. The van der Waals surface area contributed by atoms with Gasteiger partial charge in [-0.25, -0.2) is 9.97 Å². The van der Waals surface area contributed by atoms with Crippen LogP contribution < -0.4 is 0 Å². The number of hydrogen-bond donors (Lipinski definition) is 1. The summed E-state index contributed by atoms with van der Waals surface area (Å²) in [5.41, 5.74) is 0.306. The number of aromatic nitrogens is 2. The summed E-state index contributed by atoms with van der Waals surface area (Å²) in [4.78, 5) is 26.5. The number of piperidine rings is 1. The minimum Gasteiger partial charge on any atom is -0.390 e. The number of hydrogen-bond acceptors (Lipinski definition) is 5. The standard InChI is InChI=1S/C22H31N3O2S/c1-14-23-18(20(26)25-11-9-22(4,27)10-12-25)16-13-17(28-19(16)24-14)15-5-7-21(2,3)8-6-15/h13,15,27H,5-12H2,1-4H3. The lowest BCUT2D eigenvalue weighted by Gasteiger charge is -2.35. The molecule has 1 saturated carbocycles. The third-order valence-electron chi connectivity index (χ3n) is 6.60. The van der Waals surface area contributed by atoms with Crippen molar-refractivity contribution in [1.82, 2.24) is 14.9 Å². The first-order chi connectivity index (χ1) is 13.1. The van der Waals surface area contributed by atoms with Crippen molar-refractivity contribution in [3.8, 4) is 0 Å². The number of aliphatic hydroxyl groups is 1. The van der Waals surface area contributed by atoms with Gasteiger partial charge in [0.2, 0.25) is 0 Å². The van der Waals surface area contributed by atoms with E-state index in [4.69, 9.17) is 0 Å². The van der Waals surface area contributed by atoms with Crippen LogP contribution in [0.3, 0.4) is 0 Å². The Labute approximate surface area is 171 Å². The maximum absolute atomic E-state index is 13.2. The molecule has 28 heavy (non-hydrogen) atoms. The largest absolute Gasteiger partial charge is 0.390 e. The van der Waals surface area contributed by atoms with E-state index in [2.05, 4.69) is 29.9 Å². The van der Waals surface area contributed by atoms with Crippen molar-refractivity contribution in [2.24, 2.45) is 5.41 Å². The minimum atomic E-state index is -0.669. The highest BCUT2D eigenvalue weighted by atomic mass is 32.1. The molecule has 0 atom stereocenters. The summed E-state index contributed by atoms with van der Waals surface area (Å²) >= 11 is 1.73. The van der Waals surface area contributed by atoms with Crippen LogP contribution in [0.4, 0.5) is 0 Å². The molecular formula is C22H31N3O2S. The van der Waals surface area contributed by atoms with E-state index in [-0.39, 0.29) is 5.91 Å². The number of aryl methyl sites for hydroxylation is 1. The lowest BCUT2D eigenvalue weighted by Crippen LogP contribution is -2.45. The molecular weight excluding hydrogens is 370 g/mol. The van der Waals surface area contributed by atoms with Gasteiger partial charge >= 0.3 is 0 Å². The second-order valence-electron chi connectivity index (χ2n) is 9.71. The van der Waals surface area contributed by atoms with E-state index >= 15 is 0 Å². The van der Waals surface area contributed by atoms with Crippen LogP contribution in [0, 0.1) is 12.3 Å². The Balaban J connectivity index is 1.62. The monoisotopic (exact) mass is 401 g/mol. The van der Waals surface area contributed by atoms with Crippen molar-refractivity contribution in [3.05, 3.63) is 22.5 Å². The van der Waals surface area contributed by atoms with Gasteiger partial charge in [-0.05, 0) is 69.8 Å². The normalized spacial score (nSPS) is 22.5. The van der Waals surface area contributed by atoms with Gasteiger partial charge in [0.25, 0.3) is 5.91 Å². The van der Waals surface area contributed by atoms with Gasteiger partial charge in [-0.1, -0.05) is 13.8 Å². The molecule has 152 valence electrons. The van der Waals surface area contributed by atoms with E-state index in [9.17, 15) is 9.90 Å². The van der Waals surface area contributed by atoms with Crippen molar-refractivity contribution < 1.29 is 9.90 Å². The van der Waals surface area contributed by atoms with Crippen molar-refractivity contribution in [2.75, 3.05) is 13.1 Å². The molecule has 1 N–H and O–H groups in total. The Hall–Kier alpha value is -1.53. The first-order valence-electron chi connectivity index (χ1n) is 10.4. The lowest BCUT2D eigenvalue weighted by molar-refractivity contribution is -0.00214. The molecule has 3 heterocycles. The zero-order chi connectivity index (χ0) is 20.1. The van der Waals surface area contributed by atoms with Gasteiger partial charge in [-0.2, -0.15) is 0 Å². The van der Waals surface area contributed by atoms with Gasteiger partial charge in [0, 0.05) is 23.4 Å². The number of fused-ring (bicyclic) bond motifs is 1. The van der Waals surface area contributed by atoms with Crippen LogP contribution in [-0.4, -0.2) is 44.6 Å². The zero-order valence-electron chi connectivity index (χ0n) is 17.4. The number of carbonyl (C=O) groups is 1. The molecule has 2 fully saturated rings. The Morgan fingerprint density at radius 3 is 2.43 bits per heavy atom. The minimum absolute atomic E-state index is 0.0277. The first kappa shape index (κ1) is 19.8. The molecule has 0 spiro atoms. The summed E-state index contributed by atoms with van der Waals surface area (Å²) < 4.78 is 0. The molecule has 2 aliphatic rings. The summed E-state index contributed by atoms with van der Waals surface area (Å²) in [7, 11) is 0. The van der Waals surface area contributed by atoms with Gasteiger partial charge in [0.15, 0.2) is 0 Å². The fourth-order valence-corrected chi connectivity index (χ4v) is 5.68. The van der Waals surface area contributed by atoms with E-state index in [1.54, 1.807) is 11.3 Å². The van der Waals surface area contributed by atoms with E-state index < -0.39 is 5.60 Å². The molecule has 0 bridgehead atoms. The van der Waals surface area contributed by atoms with Crippen LogP contribution in [0.15, 0.2) is 6.07 Å². The van der Waals surface area contributed by atoms with Gasteiger partial charge in [0.1, 0.15) is 16.3 Å². The Kier molecular flexibility index (Phi) is 4.99. The quantitative estimate of drug-likeness (QED) is 0.794. The van der Waals surface area contributed by atoms with Crippen molar-refractivity contribution in [3.63, 3.8) is 0 Å². The zero-order valence-corrected chi connectivity index (χ0v) is 18.2. The number of likely N-dealkylation sites (tertiary alicyclic amines) is 1. The van der Waals surface area contributed by atoms with Crippen LogP contribution in [0.5, 0.6) is 0 Å². The summed E-state index contributed by atoms with van der Waals surface area (Å²) in [5, 5.41) is 11.1. The SMILES string of the molecule is Cc1nc(C(=O)N2CCC(C)(O)CC2)c2cc(C3CCC(C)(C)CC3)sc2n1. The van der Waals surface area contributed by atoms with Gasteiger partial charge in [-0.3, -0.25) is 4.79 Å². The first-order valence-corrected chi connectivity index (χ1v) is 11.2. The molecule has 0 unspecified atom stereocenters. The molecule has 1 amide bonds. The van der Waals surface area contributed by atoms with Crippen LogP contribution in [-0.2, 0) is 0 Å². The molecule has 1 aliphatic carbocycles. The third-order valence-corrected chi connectivity index (χ3v) is 7.79. The fraction of sp³-hybridized carbons (Fsp3) is 0.682. The predicted octanol–water partition coefficient (Wildman–Crippen LogP) is 4.67. The smallest absolute Gasteiger partial charge is 0.273 e. The second-order valence-corrected chi connectivity index (χ2v) is 10.8. The number of rotatable bonds is 2. The summed E-state index contributed by atoms with van der Waals surface area (Å²) in [6.07, 6.45) is 6.12. The van der Waals surface area contributed by atoms with Crippen molar-refractivity contribution in [1.29, 1.82) is 0 Å². The molecule has 5 nitrogen and oxygen atoms in total. The highest BCUT2D eigenvalue weighted by molar-refractivity contribution is 7.18. The van der Waals surface area contributed by atoms with Gasteiger partial charge in [0.05, 0.1) is 5.60 Å². The highest BCUT2D eigenvalue weighted by Gasteiger charge is 2.32. The van der Waals surface area contributed by atoms with Crippen molar-refractivity contribution >= 4 is 27.5 Å². The summed E-state index contributed by atoms with van der Waals surface area (Å²) in [6.45, 7) is 9.57. The maximum atomic E-state index is 13.2. The number of carbonyl (C=O) groups excluding carboxylic acids is 1. The Bertz CT molecular complexity index is 883. The van der Waals surface area contributed by atoms with E-state index in [0.717, 1.165) is 10.2 Å². The molecule has 2 aromatic rings. The third kappa shape index (κ3) is 3.94. The van der Waals surface area contributed by atoms with Crippen molar-refractivity contribution in [2.45, 2.75) is 77.7 Å². The van der Waals surface area contributed by atoms with E-state index in [1.807, 2.05) is 18.7 Å². The highest BCUT2D eigenvalue weighted by Crippen LogP contribution is 2.45. The number of thiophene rings is 1. The van der Waals surface area contributed by atoms with Gasteiger partial charge in [-0.15, -0.1) is 11.3 Å². The Morgan fingerprint density at radius 1 is 1.14 bits per heavy atom. The van der Waals surface area contributed by atoms with Crippen LogP contribution in [0.1, 0.15) is 86.4 Å².